The summed E-state index contributed by atoms with van der Waals surface area (Å²) in [5.74, 6) is -0.179. The first-order chi connectivity index (χ1) is 14.2. The van der Waals surface area contributed by atoms with Crippen molar-refractivity contribution < 1.29 is 14.3 Å². The number of para-hydroxylation sites is 3. The highest BCUT2D eigenvalue weighted by molar-refractivity contribution is 6.01. The van der Waals surface area contributed by atoms with Crippen molar-refractivity contribution in [1.29, 1.82) is 0 Å². The largest absolute Gasteiger partial charge is 0.448 e. The Labute approximate surface area is 166 Å². The minimum Gasteiger partial charge on any atom is -0.448 e. The molecule has 142 valence electrons. The molecule has 1 unspecified atom stereocenters. The average Bonchev–Trinajstić information content (AvgIpc) is 3.18. The third-order valence-corrected chi connectivity index (χ3v) is 5.01. The van der Waals surface area contributed by atoms with E-state index >= 15 is 0 Å². The molecular formula is C23H17N3O3. The number of hydrogen-bond donors (Lipinski definition) is 2. The fourth-order valence-electron chi connectivity index (χ4n) is 3.57. The van der Waals surface area contributed by atoms with Gasteiger partial charge in [-0.25, -0.2) is 9.78 Å². The van der Waals surface area contributed by atoms with Crippen molar-refractivity contribution in [2.75, 3.05) is 5.32 Å². The number of nitrogens with one attached hydrogen (secondary N) is 2. The highest BCUT2D eigenvalue weighted by Crippen LogP contribution is 2.28. The van der Waals surface area contributed by atoms with E-state index in [1.54, 1.807) is 18.2 Å². The molecule has 0 aliphatic carbocycles. The number of H-pyrrole nitrogens is 1. The van der Waals surface area contributed by atoms with Crippen LogP contribution in [-0.2, 0) is 16.0 Å². The zero-order valence-electron chi connectivity index (χ0n) is 15.4. The molecular weight excluding hydrogens is 366 g/mol. The van der Waals surface area contributed by atoms with Crippen molar-refractivity contribution >= 4 is 28.6 Å². The molecule has 5 rings (SSSR count). The zero-order chi connectivity index (χ0) is 19.8. The van der Waals surface area contributed by atoms with Crippen molar-refractivity contribution in [3.63, 3.8) is 0 Å². The van der Waals surface area contributed by atoms with E-state index < -0.39 is 12.1 Å². The molecule has 0 fully saturated rings. The van der Waals surface area contributed by atoms with Crippen LogP contribution in [0.2, 0.25) is 0 Å². The van der Waals surface area contributed by atoms with E-state index in [0.29, 0.717) is 23.5 Å². The number of imidazole rings is 1. The smallest absolute Gasteiger partial charge is 0.339 e. The van der Waals surface area contributed by atoms with Crippen LogP contribution >= 0.6 is 0 Å². The Bertz CT molecular complexity index is 1210. The maximum absolute atomic E-state index is 12.9. The van der Waals surface area contributed by atoms with Gasteiger partial charge in [0.05, 0.1) is 22.3 Å². The Hall–Kier alpha value is -3.93. The SMILES string of the molecule is O=C1OC(C(=O)Nc2ccccc2-c2nc3ccccc3[nH]2)Cc2ccccc21. The van der Waals surface area contributed by atoms with E-state index in [1.807, 2.05) is 54.6 Å². The van der Waals surface area contributed by atoms with E-state index in [4.69, 9.17) is 4.74 Å². The molecule has 6 nitrogen and oxygen atoms in total. The van der Waals surface area contributed by atoms with Gasteiger partial charge in [0.2, 0.25) is 0 Å². The van der Waals surface area contributed by atoms with E-state index in [9.17, 15) is 9.59 Å². The van der Waals surface area contributed by atoms with Crippen LogP contribution in [0.5, 0.6) is 0 Å². The standard InChI is InChI=1S/C23H17N3O3/c27-22(20-13-14-7-1-2-8-15(14)23(28)29-20)26-17-10-4-3-9-16(17)21-24-18-11-5-6-12-19(18)25-21/h1-12,20H,13H2,(H,24,25)(H,26,27). The number of benzene rings is 3. The molecule has 1 aliphatic rings. The van der Waals surface area contributed by atoms with Gasteiger partial charge in [0.1, 0.15) is 5.82 Å². The summed E-state index contributed by atoms with van der Waals surface area (Å²) in [4.78, 5) is 33.0. The summed E-state index contributed by atoms with van der Waals surface area (Å²) in [6.45, 7) is 0. The molecule has 1 aromatic heterocycles. The summed E-state index contributed by atoms with van der Waals surface area (Å²) in [7, 11) is 0. The average molecular weight is 383 g/mol. The summed E-state index contributed by atoms with van der Waals surface area (Å²) in [5.41, 5.74) is 4.46. The molecule has 6 heteroatoms. The van der Waals surface area contributed by atoms with Crippen LogP contribution < -0.4 is 5.32 Å². The maximum atomic E-state index is 12.9. The van der Waals surface area contributed by atoms with Gasteiger partial charge in [-0.2, -0.15) is 0 Å². The molecule has 29 heavy (non-hydrogen) atoms. The number of nitrogens with zero attached hydrogens (tertiary/aromatic N) is 1. The van der Waals surface area contributed by atoms with Crippen molar-refractivity contribution in [1.82, 2.24) is 9.97 Å². The first kappa shape index (κ1) is 17.2. The van der Waals surface area contributed by atoms with Crippen LogP contribution in [0.3, 0.4) is 0 Å². The van der Waals surface area contributed by atoms with Crippen LogP contribution in [0.1, 0.15) is 15.9 Å². The Morgan fingerprint density at radius 1 is 0.966 bits per heavy atom. The van der Waals surface area contributed by atoms with Gasteiger partial charge in [0, 0.05) is 12.0 Å². The Morgan fingerprint density at radius 2 is 1.69 bits per heavy atom. The van der Waals surface area contributed by atoms with E-state index in [1.165, 1.54) is 0 Å². The highest BCUT2D eigenvalue weighted by Gasteiger charge is 2.31. The fourth-order valence-corrected chi connectivity index (χ4v) is 3.57. The lowest BCUT2D eigenvalue weighted by Crippen LogP contribution is -2.38. The molecule has 0 bridgehead atoms. The molecule has 0 spiro atoms. The van der Waals surface area contributed by atoms with Gasteiger partial charge in [0.25, 0.3) is 5.91 Å². The Morgan fingerprint density at radius 3 is 2.55 bits per heavy atom. The van der Waals surface area contributed by atoms with Gasteiger partial charge >= 0.3 is 5.97 Å². The third-order valence-electron chi connectivity index (χ3n) is 5.01. The number of carbonyl (C=O) groups is 2. The van der Waals surface area contributed by atoms with Gasteiger partial charge < -0.3 is 15.0 Å². The predicted octanol–water partition coefficient (Wildman–Crippen LogP) is 3.95. The van der Waals surface area contributed by atoms with Crippen molar-refractivity contribution in [3.05, 3.63) is 83.9 Å². The number of fused-ring (bicyclic) bond motifs is 2. The molecule has 2 heterocycles. The van der Waals surface area contributed by atoms with Crippen LogP contribution in [0, 0.1) is 0 Å². The first-order valence-corrected chi connectivity index (χ1v) is 9.33. The van der Waals surface area contributed by atoms with Gasteiger partial charge in [0.15, 0.2) is 6.10 Å². The van der Waals surface area contributed by atoms with Crippen molar-refractivity contribution in [2.24, 2.45) is 0 Å². The number of rotatable bonds is 3. The normalized spacial score (nSPS) is 15.6. The molecule has 1 aliphatic heterocycles. The summed E-state index contributed by atoms with van der Waals surface area (Å²) < 4.78 is 5.37. The second-order valence-electron chi connectivity index (χ2n) is 6.89. The molecule has 0 saturated heterocycles. The quantitative estimate of drug-likeness (QED) is 0.525. The zero-order valence-corrected chi connectivity index (χ0v) is 15.4. The predicted molar refractivity (Wildman–Crippen MR) is 110 cm³/mol. The van der Waals surface area contributed by atoms with Crippen LogP contribution in [0.25, 0.3) is 22.4 Å². The summed E-state index contributed by atoms with van der Waals surface area (Å²) in [6.07, 6.45) is -0.526. The van der Waals surface area contributed by atoms with E-state index in [2.05, 4.69) is 15.3 Å². The Balaban J connectivity index is 1.43. The van der Waals surface area contributed by atoms with E-state index in [0.717, 1.165) is 22.2 Å². The van der Waals surface area contributed by atoms with Gasteiger partial charge in [-0.3, -0.25) is 4.79 Å². The molecule has 0 radical (unpaired) electrons. The molecule has 2 N–H and O–H groups in total. The van der Waals surface area contributed by atoms with Gasteiger partial charge in [-0.15, -0.1) is 0 Å². The highest BCUT2D eigenvalue weighted by atomic mass is 16.5. The maximum Gasteiger partial charge on any atom is 0.339 e. The van der Waals surface area contributed by atoms with Crippen LogP contribution in [-0.4, -0.2) is 27.9 Å². The molecule has 0 saturated carbocycles. The number of carbonyl (C=O) groups excluding carboxylic acids is 2. The first-order valence-electron chi connectivity index (χ1n) is 9.33. The minimum atomic E-state index is -0.874. The lowest BCUT2D eigenvalue weighted by molar-refractivity contribution is -0.125. The van der Waals surface area contributed by atoms with Gasteiger partial charge in [-0.05, 0) is 35.9 Å². The number of anilines is 1. The van der Waals surface area contributed by atoms with Crippen LogP contribution in [0.4, 0.5) is 5.69 Å². The monoisotopic (exact) mass is 383 g/mol. The number of esters is 1. The van der Waals surface area contributed by atoms with E-state index in [-0.39, 0.29) is 5.91 Å². The molecule has 1 amide bonds. The number of ether oxygens (including phenoxy) is 1. The summed E-state index contributed by atoms with van der Waals surface area (Å²) in [6, 6.07) is 22.3. The molecule has 1 atom stereocenters. The lowest BCUT2D eigenvalue weighted by atomic mass is 9.98. The lowest BCUT2D eigenvalue weighted by Gasteiger charge is -2.24. The third kappa shape index (κ3) is 3.14. The van der Waals surface area contributed by atoms with Crippen LogP contribution in [0.15, 0.2) is 72.8 Å². The second kappa shape index (κ2) is 6.91. The number of aromatic nitrogens is 2. The second-order valence-corrected chi connectivity index (χ2v) is 6.89. The van der Waals surface area contributed by atoms with Crippen molar-refractivity contribution in [2.45, 2.75) is 12.5 Å². The number of aromatic amines is 1. The number of amides is 1. The fraction of sp³-hybridized carbons (Fsp3) is 0.0870. The number of cyclic esters (lactones) is 1. The summed E-state index contributed by atoms with van der Waals surface area (Å²) >= 11 is 0. The number of hydrogen-bond acceptors (Lipinski definition) is 4. The van der Waals surface area contributed by atoms with Gasteiger partial charge in [-0.1, -0.05) is 42.5 Å². The topological polar surface area (TPSA) is 84.1 Å². The Kier molecular flexibility index (Phi) is 4.09. The van der Waals surface area contributed by atoms with Crippen molar-refractivity contribution in [3.8, 4) is 11.4 Å². The summed E-state index contributed by atoms with van der Waals surface area (Å²) in [5, 5.41) is 2.90. The molecule has 4 aromatic rings. The minimum absolute atomic E-state index is 0.348. The molecule has 3 aromatic carbocycles.